The van der Waals surface area contributed by atoms with E-state index in [1.807, 2.05) is 0 Å². The summed E-state index contributed by atoms with van der Waals surface area (Å²) in [6.07, 6.45) is 0. The third-order valence-electron chi connectivity index (χ3n) is 11.1. The molecule has 1 nitrogen and oxygen atoms in total. The lowest BCUT2D eigenvalue weighted by Crippen LogP contribution is -2.28. The third-order valence-corrected chi connectivity index (χ3v) is 11.1. The Morgan fingerprint density at radius 3 is 1.39 bits per heavy atom. The van der Waals surface area contributed by atoms with Crippen molar-refractivity contribution >= 4 is 27.8 Å². The van der Waals surface area contributed by atoms with Crippen LogP contribution in [-0.2, 0) is 5.41 Å². The highest BCUT2D eigenvalue weighted by atomic mass is 15.1. The SMILES string of the molecule is c1ccc(-c2ccc(N(c3ccc4c(c3)-c3ccccc3C4(c3ccccc3)c3ccccc3)c3ccc4cc(-c5ccccc5)ccc4c3)cc2)cc1. The Morgan fingerprint density at radius 1 is 0.278 bits per heavy atom. The van der Waals surface area contributed by atoms with Gasteiger partial charge in [0.1, 0.15) is 0 Å². The molecule has 9 aromatic carbocycles. The highest BCUT2D eigenvalue weighted by Crippen LogP contribution is 2.57. The fourth-order valence-corrected chi connectivity index (χ4v) is 8.64. The molecule has 0 spiro atoms. The minimum Gasteiger partial charge on any atom is -0.310 e. The van der Waals surface area contributed by atoms with E-state index >= 15 is 0 Å². The number of benzene rings is 9. The van der Waals surface area contributed by atoms with Crippen molar-refractivity contribution in [3.8, 4) is 33.4 Å². The summed E-state index contributed by atoms with van der Waals surface area (Å²) < 4.78 is 0. The molecule has 0 saturated heterocycles. The average molecular weight is 688 g/mol. The van der Waals surface area contributed by atoms with Crippen LogP contribution in [0, 0.1) is 0 Å². The molecule has 0 amide bonds. The summed E-state index contributed by atoms with van der Waals surface area (Å²) in [6.45, 7) is 0. The van der Waals surface area contributed by atoms with Gasteiger partial charge in [0.25, 0.3) is 0 Å². The second-order valence-corrected chi connectivity index (χ2v) is 14.1. The molecular weight excluding hydrogens is 651 g/mol. The highest BCUT2D eigenvalue weighted by Gasteiger charge is 2.46. The average Bonchev–Trinajstić information content (AvgIpc) is 3.55. The van der Waals surface area contributed by atoms with Crippen LogP contribution in [0.25, 0.3) is 44.2 Å². The predicted octanol–water partition coefficient (Wildman–Crippen LogP) is 14.0. The first-order valence-electron chi connectivity index (χ1n) is 18.7. The van der Waals surface area contributed by atoms with E-state index in [1.54, 1.807) is 0 Å². The molecule has 10 rings (SSSR count). The molecule has 0 saturated carbocycles. The van der Waals surface area contributed by atoms with Crippen LogP contribution >= 0.6 is 0 Å². The predicted molar refractivity (Wildman–Crippen MR) is 227 cm³/mol. The maximum atomic E-state index is 2.41. The molecule has 0 aromatic heterocycles. The molecule has 0 fully saturated rings. The molecule has 1 aliphatic carbocycles. The molecule has 1 aliphatic rings. The minimum atomic E-state index is -0.436. The number of rotatable bonds is 7. The van der Waals surface area contributed by atoms with Gasteiger partial charge < -0.3 is 4.90 Å². The summed E-state index contributed by atoms with van der Waals surface area (Å²) in [4.78, 5) is 2.41. The third kappa shape index (κ3) is 5.25. The van der Waals surface area contributed by atoms with Gasteiger partial charge in [0.05, 0.1) is 5.41 Å². The van der Waals surface area contributed by atoms with Crippen molar-refractivity contribution in [1.29, 1.82) is 0 Å². The maximum Gasteiger partial charge on any atom is 0.0713 e. The molecule has 54 heavy (non-hydrogen) atoms. The summed E-state index contributed by atoms with van der Waals surface area (Å²) in [5.41, 5.74) is 15.5. The molecule has 0 unspecified atom stereocenters. The van der Waals surface area contributed by atoms with Gasteiger partial charge in [-0.1, -0.05) is 182 Å². The van der Waals surface area contributed by atoms with E-state index in [4.69, 9.17) is 0 Å². The number of anilines is 3. The summed E-state index contributed by atoms with van der Waals surface area (Å²) in [7, 11) is 0. The van der Waals surface area contributed by atoms with Crippen LogP contribution < -0.4 is 4.90 Å². The Bertz CT molecular complexity index is 2700. The van der Waals surface area contributed by atoms with Gasteiger partial charge in [0, 0.05) is 17.1 Å². The van der Waals surface area contributed by atoms with Crippen LogP contribution in [-0.4, -0.2) is 0 Å². The van der Waals surface area contributed by atoms with Gasteiger partial charge in [-0.15, -0.1) is 0 Å². The van der Waals surface area contributed by atoms with Crippen molar-refractivity contribution in [1.82, 2.24) is 0 Å². The summed E-state index contributed by atoms with van der Waals surface area (Å²) in [5, 5.41) is 2.43. The lowest BCUT2D eigenvalue weighted by Gasteiger charge is -2.34. The zero-order chi connectivity index (χ0) is 35.9. The number of hydrogen-bond donors (Lipinski definition) is 0. The van der Waals surface area contributed by atoms with Gasteiger partial charge in [-0.2, -0.15) is 0 Å². The van der Waals surface area contributed by atoms with E-state index in [2.05, 4.69) is 229 Å². The second-order valence-electron chi connectivity index (χ2n) is 14.1. The van der Waals surface area contributed by atoms with E-state index in [-0.39, 0.29) is 0 Å². The summed E-state index contributed by atoms with van der Waals surface area (Å²) >= 11 is 0. The lowest BCUT2D eigenvalue weighted by atomic mass is 9.68. The van der Waals surface area contributed by atoms with E-state index in [1.165, 1.54) is 66.4 Å². The van der Waals surface area contributed by atoms with Crippen LogP contribution in [0.5, 0.6) is 0 Å². The molecular formula is C53H37N. The Balaban J connectivity index is 1.16. The Labute approximate surface area is 317 Å². The number of nitrogens with zero attached hydrogens (tertiary/aromatic N) is 1. The number of fused-ring (bicyclic) bond motifs is 4. The van der Waals surface area contributed by atoms with Crippen molar-refractivity contribution in [2.24, 2.45) is 0 Å². The van der Waals surface area contributed by atoms with Crippen LogP contribution in [0.1, 0.15) is 22.3 Å². The zero-order valence-corrected chi connectivity index (χ0v) is 29.8. The molecule has 254 valence electrons. The largest absolute Gasteiger partial charge is 0.310 e. The van der Waals surface area contributed by atoms with Crippen LogP contribution in [0.4, 0.5) is 17.1 Å². The lowest BCUT2D eigenvalue weighted by molar-refractivity contribution is 0.768. The van der Waals surface area contributed by atoms with Crippen LogP contribution in [0.2, 0.25) is 0 Å². The molecule has 0 heterocycles. The molecule has 0 bridgehead atoms. The van der Waals surface area contributed by atoms with E-state index < -0.39 is 5.41 Å². The van der Waals surface area contributed by atoms with E-state index in [0.29, 0.717) is 0 Å². The fraction of sp³-hybridized carbons (Fsp3) is 0.0189. The molecule has 9 aromatic rings. The first-order chi connectivity index (χ1) is 26.8. The van der Waals surface area contributed by atoms with Crippen molar-refractivity contribution in [2.45, 2.75) is 5.41 Å². The fourth-order valence-electron chi connectivity index (χ4n) is 8.64. The normalized spacial score (nSPS) is 12.6. The van der Waals surface area contributed by atoms with E-state index in [0.717, 1.165) is 17.1 Å². The Hall–Kier alpha value is -6.96. The van der Waals surface area contributed by atoms with Gasteiger partial charge in [-0.25, -0.2) is 0 Å². The van der Waals surface area contributed by atoms with Gasteiger partial charge in [-0.3, -0.25) is 0 Å². The maximum absolute atomic E-state index is 2.41. The van der Waals surface area contributed by atoms with Gasteiger partial charge in [0.2, 0.25) is 0 Å². The van der Waals surface area contributed by atoms with Gasteiger partial charge in [0.15, 0.2) is 0 Å². The summed E-state index contributed by atoms with van der Waals surface area (Å²) in [5.74, 6) is 0. The van der Waals surface area contributed by atoms with E-state index in [9.17, 15) is 0 Å². The molecule has 0 radical (unpaired) electrons. The minimum absolute atomic E-state index is 0.436. The first kappa shape index (κ1) is 31.7. The van der Waals surface area contributed by atoms with Crippen molar-refractivity contribution in [3.63, 3.8) is 0 Å². The van der Waals surface area contributed by atoms with Crippen molar-refractivity contribution in [3.05, 3.63) is 247 Å². The molecule has 0 atom stereocenters. The molecule has 1 heteroatoms. The molecule has 0 N–H and O–H groups in total. The van der Waals surface area contributed by atoms with Gasteiger partial charge >= 0.3 is 0 Å². The smallest absolute Gasteiger partial charge is 0.0713 e. The molecule has 0 aliphatic heterocycles. The number of hydrogen-bond acceptors (Lipinski definition) is 1. The summed E-state index contributed by atoms with van der Waals surface area (Å²) in [6, 6.07) is 82.0. The second kappa shape index (κ2) is 13.2. The van der Waals surface area contributed by atoms with Crippen LogP contribution in [0.15, 0.2) is 224 Å². The first-order valence-corrected chi connectivity index (χ1v) is 18.7. The Kier molecular flexibility index (Phi) is 7.78. The van der Waals surface area contributed by atoms with Crippen LogP contribution in [0.3, 0.4) is 0 Å². The highest BCUT2D eigenvalue weighted by molar-refractivity contribution is 5.94. The topological polar surface area (TPSA) is 3.24 Å². The Morgan fingerprint density at radius 2 is 0.722 bits per heavy atom. The quantitative estimate of drug-likeness (QED) is 0.161. The van der Waals surface area contributed by atoms with Gasteiger partial charge in [-0.05, 0) is 109 Å². The monoisotopic (exact) mass is 687 g/mol. The zero-order valence-electron chi connectivity index (χ0n) is 29.8. The standard InChI is InChI=1S/C53H37N/c1-5-15-38(16-6-1)40-27-30-46(31-28-40)54(47-32-29-42-35-41(25-26-43(42)36-47)39-17-7-2-8-18-39)48-33-34-52-50(37-48)49-23-13-14-24-51(49)53(52,44-19-9-3-10-20-44)45-21-11-4-12-22-45/h1-37H. The van der Waals surface area contributed by atoms with Crippen molar-refractivity contribution < 1.29 is 0 Å². The van der Waals surface area contributed by atoms with Crippen molar-refractivity contribution in [2.75, 3.05) is 4.90 Å².